The Bertz CT molecular complexity index is 493. The number of nitrogens with zero attached hydrogens (tertiary/aromatic N) is 1. The van der Waals surface area contributed by atoms with Crippen molar-refractivity contribution >= 4 is 5.91 Å². The largest absolute Gasteiger partial charge is 0.466 e. The Morgan fingerprint density at radius 1 is 1.25 bits per heavy atom. The fraction of sp³-hybridized carbons (Fsp3) is 0.688. The van der Waals surface area contributed by atoms with E-state index >= 15 is 0 Å². The van der Waals surface area contributed by atoms with Crippen molar-refractivity contribution in [2.24, 2.45) is 11.7 Å². The summed E-state index contributed by atoms with van der Waals surface area (Å²) in [5.41, 5.74) is 7.56. The molecule has 1 amide bonds. The number of carbonyl (C=O) groups excluding carboxylic acids is 1. The molecule has 0 spiro atoms. The van der Waals surface area contributed by atoms with Gasteiger partial charge in [0.1, 0.15) is 11.5 Å². The molecule has 1 heterocycles. The molecule has 1 aliphatic rings. The predicted octanol–water partition coefficient (Wildman–Crippen LogP) is 2.79. The minimum absolute atomic E-state index is 0.0715. The summed E-state index contributed by atoms with van der Waals surface area (Å²) in [6, 6.07) is 0.259. The molecule has 2 atom stereocenters. The van der Waals surface area contributed by atoms with E-state index in [4.69, 9.17) is 10.2 Å². The molecule has 1 saturated carbocycles. The summed E-state index contributed by atoms with van der Waals surface area (Å²) in [4.78, 5) is 14.7. The van der Waals surface area contributed by atoms with Crippen LogP contribution in [0.3, 0.4) is 0 Å². The minimum atomic E-state index is 0.0715. The summed E-state index contributed by atoms with van der Waals surface area (Å²) >= 11 is 0. The third-order valence-corrected chi connectivity index (χ3v) is 4.76. The van der Waals surface area contributed by atoms with Gasteiger partial charge in [0.2, 0.25) is 0 Å². The molecule has 1 aromatic rings. The molecule has 0 radical (unpaired) electrons. The van der Waals surface area contributed by atoms with Gasteiger partial charge in [0.15, 0.2) is 0 Å². The molecule has 1 fully saturated rings. The molecule has 0 bridgehead atoms. The van der Waals surface area contributed by atoms with Crippen LogP contribution in [0, 0.1) is 26.7 Å². The van der Waals surface area contributed by atoms with E-state index in [1.807, 2.05) is 32.7 Å². The number of aryl methyl sites for hydroxylation is 2. The summed E-state index contributed by atoms with van der Waals surface area (Å²) in [6.45, 7) is 6.38. The maximum absolute atomic E-state index is 12.8. The van der Waals surface area contributed by atoms with Gasteiger partial charge in [-0.3, -0.25) is 4.79 Å². The lowest BCUT2D eigenvalue weighted by atomic mass is 9.83. The number of hydrogen-bond donors (Lipinski definition) is 1. The van der Waals surface area contributed by atoms with Gasteiger partial charge in [-0.15, -0.1) is 0 Å². The summed E-state index contributed by atoms with van der Waals surface area (Å²) in [5.74, 6) is 2.05. The second kappa shape index (κ2) is 6.00. The van der Waals surface area contributed by atoms with Gasteiger partial charge in [-0.05, 0) is 46.1 Å². The van der Waals surface area contributed by atoms with Crippen molar-refractivity contribution < 1.29 is 9.21 Å². The van der Waals surface area contributed by atoms with E-state index in [9.17, 15) is 4.79 Å². The first-order valence-electron chi connectivity index (χ1n) is 7.51. The van der Waals surface area contributed by atoms with Gasteiger partial charge >= 0.3 is 0 Å². The summed E-state index contributed by atoms with van der Waals surface area (Å²) in [7, 11) is 1.90. The molecular weight excluding hydrogens is 252 g/mol. The summed E-state index contributed by atoms with van der Waals surface area (Å²) in [6.07, 6.45) is 4.59. The highest BCUT2D eigenvalue weighted by atomic mass is 16.3. The molecule has 1 aromatic heterocycles. The van der Waals surface area contributed by atoms with E-state index in [1.165, 1.54) is 12.8 Å². The molecule has 2 rings (SSSR count). The van der Waals surface area contributed by atoms with E-state index in [0.717, 1.165) is 35.5 Å². The molecule has 2 N–H and O–H groups in total. The maximum Gasteiger partial charge on any atom is 0.257 e. The molecule has 0 aliphatic heterocycles. The van der Waals surface area contributed by atoms with Crippen LogP contribution in [0.1, 0.15) is 53.1 Å². The number of furan rings is 1. The maximum atomic E-state index is 12.8. The van der Waals surface area contributed by atoms with Gasteiger partial charge in [-0.2, -0.15) is 0 Å². The molecule has 112 valence electrons. The second-order valence-corrected chi connectivity index (χ2v) is 5.98. The van der Waals surface area contributed by atoms with Crippen molar-refractivity contribution in [2.75, 3.05) is 13.6 Å². The first-order valence-corrected chi connectivity index (χ1v) is 7.51. The smallest absolute Gasteiger partial charge is 0.257 e. The van der Waals surface area contributed by atoms with Gasteiger partial charge in [0.25, 0.3) is 5.91 Å². The van der Waals surface area contributed by atoms with Crippen molar-refractivity contribution in [1.29, 1.82) is 0 Å². The minimum Gasteiger partial charge on any atom is -0.466 e. The monoisotopic (exact) mass is 278 g/mol. The zero-order chi connectivity index (χ0) is 14.9. The van der Waals surface area contributed by atoms with Gasteiger partial charge in [-0.25, -0.2) is 0 Å². The van der Waals surface area contributed by atoms with Gasteiger partial charge in [0.05, 0.1) is 5.56 Å². The topological polar surface area (TPSA) is 59.5 Å². The lowest BCUT2D eigenvalue weighted by Gasteiger charge is -2.37. The molecular formula is C16H26N2O2. The highest BCUT2D eigenvalue weighted by Gasteiger charge is 2.32. The van der Waals surface area contributed by atoms with E-state index in [1.54, 1.807) is 0 Å². The third-order valence-electron chi connectivity index (χ3n) is 4.76. The predicted molar refractivity (Wildman–Crippen MR) is 79.8 cm³/mol. The van der Waals surface area contributed by atoms with Crippen molar-refractivity contribution in [3.05, 3.63) is 22.6 Å². The number of amides is 1. The van der Waals surface area contributed by atoms with Crippen LogP contribution in [-0.2, 0) is 0 Å². The average Bonchev–Trinajstić information content (AvgIpc) is 2.70. The van der Waals surface area contributed by atoms with Crippen molar-refractivity contribution in [3.63, 3.8) is 0 Å². The standard InChI is InChI=1S/C16H26N2O2/c1-10-11(2)20-12(3)15(10)16(19)18(4)14-8-6-5-7-13(14)9-17/h13-14H,5-9,17H2,1-4H3. The highest BCUT2D eigenvalue weighted by molar-refractivity contribution is 5.96. The first-order chi connectivity index (χ1) is 9.47. The number of hydrogen-bond acceptors (Lipinski definition) is 3. The van der Waals surface area contributed by atoms with Crippen LogP contribution in [0.5, 0.6) is 0 Å². The molecule has 1 aliphatic carbocycles. The first kappa shape index (κ1) is 15.1. The van der Waals surface area contributed by atoms with Crippen LogP contribution in [0.2, 0.25) is 0 Å². The summed E-state index contributed by atoms with van der Waals surface area (Å²) < 4.78 is 5.58. The Morgan fingerprint density at radius 2 is 1.90 bits per heavy atom. The molecule has 2 unspecified atom stereocenters. The van der Waals surface area contributed by atoms with Crippen LogP contribution in [0.25, 0.3) is 0 Å². The van der Waals surface area contributed by atoms with Crippen LogP contribution in [-0.4, -0.2) is 30.4 Å². The van der Waals surface area contributed by atoms with Crippen LogP contribution in [0.15, 0.2) is 4.42 Å². The molecule has 4 nitrogen and oxygen atoms in total. The normalized spacial score (nSPS) is 22.9. The van der Waals surface area contributed by atoms with Gasteiger partial charge in [0, 0.05) is 18.7 Å². The quantitative estimate of drug-likeness (QED) is 0.925. The highest BCUT2D eigenvalue weighted by Crippen LogP contribution is 2.30. The van der Waals surface area contributed by atoms with E-state index in [-0.39, 0.29) is 11.9 Å². The van der Waals surface area contributed by atoms with Crippen LogP contribution >= 0.6 is 0 Å². The number of carbonyl (C=O) groups is 1. The van der Waals surface area contributed by atoms with Gasteiger partial charge in [-0.1, -0.05) is 12.8 Å². The molecule has 4 heteroatoms. The van der Waals surface area contributed by atoms with Gasteiger partial charge < -0.3 is 15.1 Å². The SMILES string of the molecule is Cc1oc(C)c(C(=O)N(C)C2CCCCC2CN)c1C. The Kier molecular flexibility index (Phi) is 4.53. The average molecular weight is 278 g/mol. The molecule has 0 saturated heterocycles. The Balaban J connectivity index is 2.23. The van der Waals surface area contributed by atoms with Crippen LogP contribution < -0.4 is 5.73 Å². The second-order valence-electron chi connectivity index (χ2n) is 5.98. The van der Waals surface area contributed by atoms with E-state index in [2.05, 4.69) is 0 Å². The number of nitrogens with two attached hydrogens (primary N) is 1. The Labute approximate surface area is 121 Å². The third kappa shape index (κ3) is 2.62. The van der Waals surface area contributed by atoms with Crippen molar-refractivity contribution in [3.8, 4) is 0 Å². The summed E-state index contributed by atoms with van der Waals surface area (Å²) in [5, 5.41) is 0. The molecule has 20 heavy (non-hydrogen) atoms. The zero-order valence-electron chi connectivity index (χ0n) is 13.0. The fourth-order valence-corrected chi connectivity index (χ4v) is 3.41. The molecule has 0 aromatic carbocycles. The fourth-order valence-electron chi connectivity index (χ4n) is 3.41. The van der Waals surface area contributed by atoms with Crippen molar-refractivity contribution in [1.82, 2.24) is 4.90 Å². The Hall–Kier alpha value is -1.29. The number of rotatable bonds is 3. The Morgan fingerprint density at radius 3 is 2.45 bits per heavy atom. The van der Waals surface area contributed by atoms with E-state index in [0.29, 0.717) is 12.5 Å². The van der Waals surface area contributed by atoms with Crippen LogP contribution in [0.4, 0.5) is 0 Å². The van der Waals surface area contributed by atoms with Crippen molar-refractivity contribution in [2.45, 2.75) is 52.5 Å². The lowest BCUT2D eigenvalue weighted by Crippen LogP contribution is -2.46. The lowest BCUT2D eigenvalue weighted by molar-refractivity contribution is 0.0618. The zero-order valence-corrected chi connectivity index (χ0v) is 13.0. The van der Waals surface area contributed by atoms with E-state index < -0.39 is 0 Å².